The number of carboxylic acids is 1. The maximum Gasteiger partial charge on any atom is 0.325 e. The van der Waals surface area contributed by atoms with Crippen molar-refractivity contribution >= 4 is 17.8 Å². The molecule has 28 heavy (non-hydrogen) atoms. The van der Waals surface area contributed by atoms with Crippen LogP contribution in [0, 0.1) is 5.82 Å². The number of carbonyl (C=O) groups is 1. The van der Waals surface area contributed by atoms with Crippen LogP contribution in [-0.2, 0) is 4.79 Å². The largest absolute Gasteiger partial charge is 0.480 e. The molecular weight excluding hydrogens is 363 g/mol. The Kier molecular flexibility index (Phi) is 5.69. The van der Waals surface area contributed by atoms with Crippen LogP contribution in [0.2, 0.25) is 0 Å². The summed E-state index contributed by atoms with van der Waals surface area (Å²) in [5, 5.41) is 15.2. The van der Waals surface area contributed by atoms with E-state index in [1.165, 1.54) is 6.07 Å². The topological polar surface area (TPSA) is 114 Å². The number of rotatable bonds is 6. The fourth-order valence-corrected chi connectivity index (χ4v) is 2.69. The average molecular weight is 382 g/mol. The van der Waals surface area contributed by atoms with Gasteiger partial charge in [0, 0.05) is 17.5 Å². The van der Waals surface area contributed by atoms with Crippen LogP contribution in [0.4, 0.5) is 10.3 Å². The van der Waals surface area contributed by atoms with Crippen molar-refractivity contribution < 1.29 is 18.8 Å². The summed E-state index contributed by atoms with van der Waals surface area (Å²) in [4.78, 5) is 14.1. The monoisotopic (exact) mass is 382 g/mol. The Labute approximate surface area is 160 Å². The number of carboxylic acid groups (broad SMARTS) is 1. The number of benzene rings is 2. The third-order valence-electron chi connectivity index (χ3n) is 4.19. The highest BCUT2D eigenvalue weighted by atomic mass is 19.1. The van der Waals surface area contributed by atoms with E-state index >= 15 is 0 Å². The van der Waals surface area contributed by atoms with E-state index in [4.69, 9.17) is 15.4 Å². The number of anilines is 1. The molecule has 1 heterocycles. The van der Waals surface area contributed by atoms with Crippen molar-refractivity contribution in [3.8, 4) is 11.1 Å². The molecule has 4 N–H and O–H groups in total. The lowest BCUT2D eigenvalue weighted by Gasteiger charge is -2.11. The van der Waals surface area contributed by atoms with Crippen molar-refractivity contribution in [3.05, 3.63) is 71.7 Å². The van der Waals surface area contributed by atoms with Gasteiger partial charge in [-0.15, -0.1) is 0 Å². The standard InChI is InChI=1S/C20H19FN4O3/c1-12(17-10-18(28-25-17)24-20(22)23-11-19(26)27)14-7-8-15(16(21)9-14)13-5-3-2-4-6-13/h2-10,12H,11H2,1H3,(H,26,27)(H3,22,23,24). The molecule has 0 aliphatic heterocycles. The lowest BCUT2D eigenvalue weighted by molar-refractivity contribution is -0.135. The second-order valence-electron chi connectivity index (χ2n) is 6.16. The van der Waals surface area contributed by atoms with Crippen molar-refractivity contribution in [1.82, 2.24) is 5.16 Å². The molecule has 1 unspecified atom stereocenters. The number of halogens is 1. The number of aliphatic carboxylic acids is 1. The van der Waals surface area contributed by atoms with Crippen LogP contribution in [0.3, 0.4) is 0 Å². The van der Waals surface area contributed by atoms with E-state index < -0.39 is 12.5 Å². The highest BCUT2D eigenvalue weighted by molar-refractivity contribution is 5.92. The number of hydrogen-bond acceptors (Lipinski definition) is 4. The van der Waals surface area contributed by atoms with Gasteiger partial charge in [-0.2, -0.15) is 0 Å². The highest BCUT2D eigenvalue weighted by Gasteiger charge is 2.16. The van der Waals surface area contributed by atoms with Crippen molar-refractivity contribution in [2.45, 2.75) is 12.8 Å². The van der Waals surface area contributed by atoms with Crippen LogP contribution in [-0.4, -0.2) is 28.7 Å². The molecule has 1 atom stereocenters. The van der Waals surface area contributed by atoms with Crippen LogP contribution < -0.4 is 11.1 Å². The summed E-state index contributed by atoms with van der Waals surface area (Å²) in [6.07, 6.45) is 0. The zero-order valence-electron chi connectivity index (χ0n) is 15.1. The zero-order valence-corrected chi connectivity index (χ0v) is 15.1. The van der Waals surface area contributed by atoms with Gasteiger partial charge in [0.1, 0.15) is 12.4 Å². The Bertz CT molecular complexity index is 1000. The summed E-state index contributed by atoms with van der Waals surface area (Å²) in [5.74, 6) is -1.53. The van der Waals surface area contributed by atoms with E-state index in [1.807, 2.05) is 43.3 Å². The molecule has 0 bridgehead atoms. The summed E-state index contributed by atoms with van der Waals surface area (Å²) in [6.45, 7) is 1.42. The number of aliphatic imine (C=N–C) groups is 1. The molecule has 0 aliphatic rings. The van der Waals surface area contributed by atoms with E-state index in [-0.39, 0.29) is 23.6 Å². The second-order valence-corrected chi connectivity index (χ2v) is 6.16. The van der Waals surface area contributed by atoms with Crippen LogP contribution >= 0.6 is 0 Å². The number of nitrogens with two attached hydrogens (primary N) is 1. The molecule has 7 nitrogen and oxygen atoms in total. The van der Waals surface area contributed by atoms with E-state index in [0.717, 1.165) is 11.1 Å². The Morgan fingerprint density at radius 3 is 2.71 bits per heavy atom. The molecule has 0 saturated carbocycles. The summed E-state index contributed by atoms with van der Waals surface area (Å²) >= 11 is 0. The predicted octanol–water partition coefficient (Wildman–Crippen LogP) is 3.44. The van der Waals surface area contributed by atoms with Gasteiger partial charge in [0.15, 0.2) is 5.96 Å². The summed E-state index contributed by atoms with van der Waals surface area (Å²) in [5.41, 5.74) is 8.23. The number of aromatic nitrogens is 1. The van der Waals surface area contributed by atoms with Crippen molar-refractivity contribution in [1.29, 1.82) is 0 Å². The smallest absolute Gasteiger partial charge is 0.325 e. The van der Waals surface area contributed by atoms with E-state index in [0.29, 0.717) is 11.3 Å². The molecule has 2 aromatic carbocycles. The number of hydrogen-bond donors (Lipinski definition) is 3. The molecular formula is C20H19FN4O3. The van der Waals surface area contributed by atoms with E-state index in [1.54, 1.807) is 12.1 Å². The third kappa shape index (κ3) is 4.53. The Balaban J connectivity index is 1.75. The lowest BCUT2D eigenvalue weighted by atomic mass is 9.95. The number of guanidine groups is 1. The van der Waals surface area contributed by atoms with Gasteiger partial charge in [0.25, 0.3) is 0 Å². The molecule has 144 valence electrons. The van der Waals surface area contributed by atoms with Gasteiger partial charge in [-0.1, -0.05) is 54.5 Å². The molecule has 1 aromatic heterocycles. The summed E-state index contributed by atoms with van der Waals surface area (Å²) in [6, 6.07) is 16.0. The maximum atomic E-state index is 14.6. The quantitative estimate of drug-likeness (QED) is 0.444. The Morgan fingerprint density at radius 1 is 1.29 bits per heavy atom. The van der Waals surface area contributed by atoms with Crippen LogP contribution in [0.1, 0.15) is 24.1 Å². The normalized spacial score (nSPS) is 12.6. The van der Waals surface area contributed by atoms with Crippen LogP contribution in [0.5, 0.6) is 0 Å². The molecule has 0 aliphatic carbocycles. The van der Waals surface area contributed by atoms with Crippen LogP contribution in [0.25, 0.3) is 11.1 Å². The molecule has 3 aromatic rings. The summed E-state index contributed by atoms with van der Waals surface area (Å²) < 4.78 is 19.7. The van der Waals surface area contributed by atoms with Gasteiger partial charge in [0.2, 0.25) is 5.88 Å². The van der Waals surface area contributed by atoms with Gasteiger partial charge >= 0.3 is 5.97 Å². The van der Waals surface area contributed by atoms with Crippen molar-refractivity contribution in [2.75, 3.05) is 11.9 Å². The second kappa shape index (κ2) is 8.34. The van der Waals surface area contributed by atoms with Gasteiger partial charge in [0.05, 0.1) is 5.69 Å². The molecule has 0 radical (unpaired) electrons. The zero-order chi connectivity index (χ0) is 20.1. The Morgan fingerprint density at radius 2 is 2.04 bits per heavy atom. The molecule has 0 saturated heterocycles. The summed E-state index contributed by atoms with van der Waals surface area (Å²) in [7, 11) is 0. The average Bonchev–Trinajstić information content (AvgIpc) is 3.14. The molecule has 0 fully saturated rings. The van der Waals surface area contributed by atoms with Gasteiger partial charge in [-0.25, -0.2) is 9.38 Å². The highest BCUT2D eigenvalue weighted by Crippen LogP contribution is 2.29. The SMILES string of the molecule is CC(c1ccc(-c2ccccc2)c(F)c1)c1cc(NC(N)=NCC(=O)O)on1. The molecule has 0 amide bonds. The molecule has 8 heteroatoms. The van der Waals surface area contributed by atoms with Crippen molar-refractivity contribution in [3.63, 3.8) is 0 Å². The number of nitrogens with one attached hydrogen (secondary N) is 1. The Hall–Kier alpha value is -3.68. The number of nitrogens with zero attached hydrogens (tertiary/aromatic N) is 2. The minimum absolute atomic E-state index is 0.101. The van der Waals surface area contributed by atoms with Crippen molar-refractivity contribution in [2.24, 2.45) is 10.7 Å². The fraction of sp³-hybridized carbons (Fsp3) is 0.150. The third-order valence-corrected chi connectivity index (χ3v) is 4.19. The first kappa shape index (κ1) is 19.1. The molecule has 0 spiro atoms. The van der Waals surface area contributed by atoms with Gasteiger partial charge in [-0.3, -0.25) is 10.1 Å². The minimum atomic E-state index is -1.10. The van der Waals surface area contributed by atoms with E-state index in [2.05, 4.69) is 15.5 Å². The first-order chi connectivity index (χ1) is 13.4. The maximum absolute atomic E-state index is 14.6. The van der Waals surface area contributed by atoms with E-state index in [9.17, 15) is 9.18 Å². The first-order valence-corrected chi connectivity index (χ1v) is 8.54. The lowest BCUT2D eigenvalue weighted by Crippen LogP contribution is -2.23. The molecule has 3 rings (SSSR count). The predicted molar refractivity (Wildman–Crippen MR) is 104 cm³/mol. The van der Waals surface area contributed by atoms with Crippen LogP contribution in [0.15, 0.2) is 64.1 Å². The van der Waals surface area contributed by atoms with Gasteiger partial charge < -0.3 is 15.4 Å². The first-order valence-electron chi connectivity index (χ1n) is 8.54. The van der Waals surface area contributed by atoms with Gasteiger partial charge in [-0.05, 0) is 17.2 Å². The fourth-order valence-electron chi connectivity index (χ4n) is 2.69. The minimum Gasteiger partial charge on any atom is -0.480 e.